The van der Waals surface area contributed by atoms with Gasteiger partial charge in [-0.05, 0) is 42.3 Å². The van der Waals surface area contributed by atoms with E-state index in [1.165, 1.54) is 6.07 Å². The second-order valence-electron chi connectivity index (χ2n) is 7.65. The van der Waals surface area contributed by atoms with Crippen molar-refractivity contribution in [1.29, 1.82) is 0 Å². The number of alkyl halides is 3. The first-order valence-electron chi connectivity index (χ1n) is 9.89. The van der Waals surface area contributed by atoms with Gasteiger partial charge in [-0.1, -0.05) is 40.2 Å². The molecule has 2 heterocycles. The number of benzene rings is 2. The Balaban J connectivity index is 1.59. The van der Waals surface area contributed by atoms with Crippen molar-refractivity contribution in [1.82, 2.24) is 9.78 Å². The monoisotopic (exact) mass is 508 g/mol. The average molecular weight is 509 g/mol. The van der Waals surface area contributed by atoms with E-state index in [1.54, 1.807) is 55.5 Å². The van der Waals surface area contributed by atoms with Gasteiger partial charge in [-0.25, -0.2) is 4.68 Å². The maximum absolute atomic E-state index is 13.8. The number of halogens is 4. The van der Waals surface area contributed by atoms with Crippen molar-refractivity contribution in [3.8, 4) is 0 Å². The largest absolute Gasteiger partial charge is 0.410 e. The summed E-state index contributed by atoms with van der Waals surface area (Å²) in [7, 11) is 0. The number of rotatable bonds is 4. The van der Waals surface area contributed by atoms with Crippen molar-refractivity contribution in [2.24, 2.45) is 0 Å². The Morgan fingerprint density at radius 1 is 1.22 bits per heavy atom. The molecule has 0 unspecified atom stereocenters. The molecule has 0 fully saturated rings. The lowest BCUT2D eigenvalue weighted by atomic mass is 9.97. The molecule has 10 heteroatoms. The van der Waals surface area contributed by atoms with Gasteiger partial charge in [0.1, 0.15) is 5.82 Å². The molecular formula is C22H20BrF3N4O2. The minimum absolute atomic E-state index is 0.126. The molecule has 0 saturated heterocycles. The number of aromatic nitrogens is 2. The maximum Gasteiger partial charge on any atom is 0.410 e. The van der Waals surface area contributed by atoms with E-state index < -0.39 is 30.3 Å². The van der Waals surface area contributed by atoms with E-state index in [9.17, 15) is 23.1 Å². The number of hydrogen-bond donors (Lipinski definition) is 3. The second-order valence-corrected chi connectivity index (χ2v) is 8.57. The van der Waals surface area contributed by atoms with Gasteiger partial charge in [0.2, 0.25) is 0 Å². The summed E-state index contributed by atoms with van der Waals surface area (Å²) in [5.74, 6) is -0.499. The van der Waals surface area contributed by atoms with Crippen LogP contribution in [0.3, 0.4) is 0 Å². The number of aliphatic hydroxyl groups is 1. The Bertz CT molecular complexity index is 1110. The lowest BCUT2D eigenvalue weighted by Gasteiger charge is -2.33. The standard InChI is InChI=1S/C22H20BrF3N4O2/c1-12(31)13-4-8-16(9-5-13)27-21(32)18-11-20-28-17(14-2-6-15(23)7-3-14)10-19(22(24,25)26)30(20)29-18/h2-9,11-12,17,19,28,31H,10H2,1H3,(H,27,32)/t12-,17-,19-/m1/s1. The molecule has 32 heavy (non-hydrogen) atoms. The van der Waals surface area contributed by atoms with E-state index in [-0.39, 0.29) is 17.9 Å². The molecule has 2 aromatic carbocycles. The zero-order valence-electron chi connectivity index (χ0n) is 16.9. The summed E-state index contributed by atoms with van der Waals surface area (Å²) in [4.78, 5) is 12.6. The van der Waals surface area contributed by atoms with E-state index in [1.807, 2.05) is 0 Å². The Morgan fingerprint density at radius 3 is 2.47 bits per heavy atom. The number of amides is 1. The van der Waals surface area contributed by atoms with Gasteiger partial charge in [-0.2, -0.15) is 18.3 Å². The van der Waals surface area contributed by atoms with Crippen LogP contribution in [0, 0.1) is 0 Å². The van der Waals surface area contributed by atoms with E-state index in [0.717, 1.165) is 9.15 Å². The van der Waals surface area contributed by atoms with Crippen molar-refractivity contribution >= 4 is 33.3 Å². The SMILES string of the molecule is C[C@@H](O)c1ccc(NC(=O)c2cc3n(n2)[C@@H](C(F)(F)F)C[C@H](c2ccc(Br)cc2)N3)cc1. The summed E-state index contributed by atoms with van der Waals surface area (Å²) in [5, 5.41) is 19.2. The molecular weight excluding hydrogens is 489 g/mol. The number of fused-ring (bicyclic) bond motifs is 1. The molecule has 0 aliphatic carbocycles. The Kier molecular flexibility index (Phi) is 6.00. The average Bonchev–Trinajstić information content (AvgIpc) is 3.17. The van der Waals surface area contributed by atoms with E-state index >= 15 is 0 Å². The molecule has 1 aliphatic rings. The molecule has 0 saturated carbocycles. The summed E-state index contributed by atoms with van der Waals surface area (Å²) in [6, 6.07) is 12.5. The quantitative estimate of drug-likeness (QED) is 0.427. The van der Waals surface area contributed by atoms with Crippen LogP contribution in [-0.2, 0) is 0 Å². The molecule has 1 amide bonds. The smallest absolute Gasteiger partial charge is 0.389 e. The van der Waals surface area contributed by atoms with Crippen molar-refractivity contribution in [3.05, 3.63) is 75.9 Å². The highest BCUT2D eigenvalue weighted by molar-refractivity contribution is 9.10. The summed E-state index contributed by atoms with van der Waals surface area (Å²) < 4.78 is 43.1. The predicted octanol–water partition coefficient (Wildman–Crippen LogP) is 5.61. The normalized spacial score (nSPS) is 19.1. The van der Waals surface area contributed by atoms with Crippen LogP contribution in [0.25, 0.3) is 0 Å². The first kappa shape index (κ1) is 22.3. The number of carbonyl (C=O) groups excluding carboxylic acids is 1. The molecule has 3 atom stereocenters. The third-order valence-corrected chi connectivity index (χ3v) is 5.87. The van der Waals surface area contributed by atoms with Crippen LogP contribution in [0.4, 0.5) is 24.7 Å². The number of anilines is 2. The molecule has 1 aromatic heterocycles. The second kappa shape index (κ2) is 8.59. The van der Waals surface area contributed by atoms with Gasteiger partial charge in [0.05, 0.1) is 12.1 Å². The van der Waals surface area contributed by atoms with Crippen LogP contribution in [0.2, 0.25) is 0 Å². The molecule has 4 rings (SSSR count). The number of hydrogen-bond acceptors (Lipinski definition) is 4. The van der Waals surface area contributed by atoms with Crippen LogP contribution < -0.4 is 10.6 Å². The molecule has 3 aromatic rings. The number of carbonyl (C=O) groups is 1. The van der Waals surface area contributed by atoms with E-state index in [0.29, 0.717) is 16.8 Å². The van der Waals surface area contributed by atoms with Crippen LogP contribution >= 0.6 is 15.9 Å². The minimum atomic E-state index is -4.53. The molecule has 168 valence electrons. The molecule has 0 bridgehead atoms. The Labute approximate surface area is 190 Å². The fraction of sp³-hybridized carbons (Fsp3) is 0.273. The van der Waals surface area contributed by atoms with E-state index in [4.69, 9.17) is 0 Å². The summed E-state index contributed by atoms with van der Waals surface area (Å²) >= 11 is 3.32. The fourth-order valence-electron chi connectivity index (χ4n) is 3.64. The fourth-order valence-corrected chi connectivity index (χ4v) is 3.90. The topological polar surface area (TPSA) is 79.2 Å². The van der Waals surface area contributed by atoms with Crippen molar-refractivity contribution in [3.63, 3.8) is 0 Å². The third-order valence-electron chi connectivity index (χ3n) is 5.35. The predicted molar refractivity (Wildman–Crippen MR) is 117 cm³/mol. The molecule has 1 aliphatic heterocycles. The summed E-state index contributed by atoms with van der Waals surface area (Å²) in [6.45, 7) is 1.62. The minimum Gasteiger partial charge on any atom is -0.389 e. The molecule has 0 radical (unpaired) electrons. The number of aliphatic hydroxyl groups excluding tert-OH is 1. The third kappa shape index (κ3) is 4.66. The number of nitrogens with one attached hydrogen (secondary N) is 2. The van der Waals surface area contributed by atoms with Gasteiger partial charge in [0, 0.05) is 22.6 Å². The summed E-state index contributed by atoms with van der Waals surface area (Å²) in [5.41, 5.74) is 1.70. The van der Waals surface area contributed by atoms with Gasteiger partial charge in [0.15, 0.2) is 11.7 Å². The van der Waals surface area contributed by atoms with Crippen LogP contribution in [0.5, 0.6) is 0 Å². The highest BCUT2D eigenvalue weighted by Crippen LogP contribution is 2.43. The van der Waals surface area contributed by atoms with Crippen LogP contribution in [0.15, 0.2) is 59.1 Å². The van der Waals surface area contributed by atoms with E-state index in [2.05, 4.69) is 31.7 Å². The zero-order chi connectivity index (χ0) is 23.0. The molecule has 6 nitrogen and oxygen atoms in total. The van der Waals surface area contributed by atoms with Gasteiger partial charge in [0.25, 0.3) is 5.91 Å². The zero-order valence-corrected chi connectivity index (χ0v) is 18.5. The highest BCUT2D eigenvalue weighted by atomic mass is 79.9. The maximum atomic E-state index is 13.8. The number of nitrogens with zero attached hydrogens (tertiary/aromatic N) is 2. The van der Waals surface area contributed by atoms with Gasteiger partial charge >= 0.3 is 6.18 Å². The first-order valence-corrected chi connectivity index (χ1v) is 10.7. The lowest BCUT2D eigenvalue weighted by molar-refractivity contribution is -0.173. The van der Waals surface area contributed by atoms with Crippen molar-refractivity contribution in [2.75, 3.05) is 10.6 Å². The summed E-state index contributed by atoms with van der Waals surface area (Å²) in [6.07, 6.45) is -5.42. The van der Waals surface area contributed by atoms with Crippen LogP contribution in [-0.4, -0.2) is 27.0 Å². The molecule has 3 N–H and O–H groups in total. The Morgan fingerprint density at radius 2 is 1.88 bits per heavy atom. The Hall–Kier alpha value is -2.85. The van der Waals surface area contributed by atoms with Crippen LogP contribution in [0.1, 0.15) is 53.1 Å². The molecule has 0 spiro atoms. The highest BCUT2D eigenvalue weighted by Gasteiger charge is 2.46. The van der Waals surface area contributed by atoms with Gasteiger partial charge < -0.3 is 15.7 Å². The first-order chi connectivity index (χ1) is 15.1. The van der Waals surface area contributed by atoms with Gasteiger partial charge in [-0.15, -0.1) is 0 Å². The van der Waals surface area contributed by atoms with Crippen molar-refractivity contribution in [2.45, 2.75) is 37.7 Å². The lowest BCUT2D eigenvalue weighted by Crippen LogP contribution is -2.35. The van der Waals surface area contributed by atoms with Crippen molar-refractivity contribution < 1.29 is 23.1 Å². The van der Waals surface area contributed by atoms with Gasteiger partial charge in [-0.3, -0.25) is 4.79 Å².